The summed E-state index contributed by atoms with van der Waals surface area (Å²) in [6, 6.07) is 19.8. The molecule has 0 aromatic heterocycles. The second kappa shape index (κ2) is 11.5. The van der Waals surface area contributed by atoms with E-state index in [0.29, 0.717) is 33.4 Å². The predicted molar refractivity (Wildman–Crippen MR) is 181 cm³/mol. The summed E-state index contributed by atoms with van der Waals surface area (Å²) in [6.07, 6.45) is 3.05. The van der Waals surface area contributed by atoms with Crippen molar-refractivity contribution in [3.63, 3.8) is 0 Å². The Bertz CT molecular complexity index is 2230. The number of aryl methyl sites for hydroxylation is 2. The third-order valence-electron chi connectivity index (χ3n) is 9.49. The fraction of sp³-hybridized carbons (Fsp3) is 0.176. The Hall–Kier alpha value is -4.70. The SMILES string of the molecule is [H]/N=N/C1=Cc2ccccc2C(c2ccc(-c3ccc(C4(S(=O)(=O)O)c5ccccc5C=C(/N=N/[H])C4N)cc3C)c(C)c2)(S(=O)(=O)O)C1N. The highest BCUT2D eigenvalue weighted by atomic mass is 32.2. The zero-order chi connectivity index (χ0) is 36.2. The predicted octanol–water partition coefficient (Wildman–Crippen LogP) is 5.66. The number of benzene rings is 4. The third kappa shape index (κ3) is 4.56. The standard InChI is InChI=1S/C34H32N6O6S2/c1-19-15-23(33(47(41,42)43)27-9-5-3-7-21(27)17-29(39-37)31(33)35)11-13-25(19)26-14-12-24(16-20(26)2)34(48(44,45)46)28-10-6-4-8-22(28)18-30(40-38)32(34)36/h3-18,31-32,37-38H,35-36H2,1-2H3,(H,41,42,43)(H,44,45,46)/b39-37+,40-38+. The highest BCUT2D eigenvalue weighted by Gasteiger charge is 2.57. The van der Waals surface area contributed by atoms with Crippen molar-refractivity contribution in [2.75, 3.05) is 0 Å². The number of rotatable bonds is 7. The number of nitrogens with two attached hydrogens (primary N) is 2. The summed E-state index contributed by atoms with van der Waals surface area (Å²) < 4.78 is 85.7. The van der Waals surface area contributed by atoms with Gasteiger partial charge in [-0.2, -0.15) is 27.1 Å². The molecular formula is C34H32N6O6S2. The van der Waals surface area contributed by atoms with Crippen LogP contribution < -0.4 is 11.5 Å². The van der Waals surface area contributed by atoms with Crippen molar-refractivity contribution >= 4 is 32.4 Å². The topological polar surface area (TPSA) is 233 Å². The lowest BCUT2D eigenvalue weighted by Crippen LogP contribution is -2.54. The summed E-state index contributed by atoms with van der Waals surface area (Å²) in [5.74, 6) is 0. The molecule has 48 heavy (non-hydrogen) atoms. The molecule has 4 atom stereocenters. The van der Waals surface area contributed by atoms with Gasteiger partial charge in [0, 0.05) is 0 Å². The Labute approximate surface area is 280 Å². The molecule has 4 aromatic carbocycles. The van der Waals surface area contributed by atoms with Crippen LogP contribution in [0.2, 0.25) is 2.82 Å². The van der Waals surface area contributed by atoms with Crippen LogP contribution in [0.1, 0.15) is 44.5 Å². The molecule has 8 N–H and O–H groups in total. The van der Waals surface area contributed by atoms with Crippen LogP contribution in [-0.2, 0) is 29.7 Å². The molecule has 0 bridgehead atoms. The van der Waals surface area contributed by atoms with Gasteiger partial charge in [0.15, 0.2) is 9.49 Å². The van der Waals surface area contributed by atoms with E-state index in [1.807, 2.05) is 0 Å². The van der Waals surface area contributed by atoms with E-state index in [1.54, 1.807) is 86.6 Å². The number of hydrogen-bond donors (Lipinski definition) is 6. The van der Waals surface area contributed by atoms with Crippen LogP contribution in [0.3, 0.4) is 0 Å². The summed E-state index contributed by atoms with van der Waals surface area (Å²) in [5, 5.41) is 7.52. The summed E-state index contributed by atoms with van der Waals surface area (Å²) in [6.45, 7) is 3.50. The van der Waals surface area contributed by atoms with Gasteiger partial charge in [0.05, 0.1) is 23.5 Å². The van der Waals surface area contributed by atoms with Crippen molar-refractivity contribution in [2.45, 2.75) is 35.4 Å². The molecule has 0 saturated carbocycles. The molecule has 0 amide bonds. The normalized spacial score (nSPS) is 24.8. The molecule has 2 aliphatic rings. The van der Waals surface area contributed by atoms with Gasteiger partial charge in [-0.05, 0) is 81.6 Å². The van der Waals surface area contributed by atoms with E-state index in [-0.39, 0.29) is 33.6 Å². The largest absolute Gasteiger partial charge is 0.321 e. The Morgan fingerprint density at radius 2 is 1.04 bits per heavy atom. The average Bonchev–Trinajstić information content (AvgIpc) is 3.05. The van der Waals surface area contributed by atoms with Gasteiger partial charge in [0.1, 0.15) is 0 Å². The summed E-state index contributed by atoms with van der Waals surface area (Å²) in [7, 11) is -9.97. The van der Waals surface area contributed by atoms with Crippen LogP contribution in [0.4, 0.5) is 0 Å². The molecule has 0 spiro atoms. The van der Waals surface area contributed by atoms with Crippen LogP contribution in [0, 0.1) is 24.9 Å². The molecule has 4 unspecified atom stereocenters. The van der Waals surface area contributed by atoms with Crippen LogP contribution >= 0.6 is 0 Å². The van der Waals surface area contributed by atoms with E-state index in [1.165, 1.54) is 24.3 Å². The first-order valence-corrected chi connectivity index (χ1v) is 17.5. The maximum absolute atomic E-state index is 13.5. The van der Waals surface area contributed by atoms with Crippen molar-refractivity contribution in [1.82, 2.24) is 0 Å². The Morgan fingerprint density at radius 1 is 0.667 bits per heavy atom. The first-order chi connectivity index (χ1) is 23.6. The smallest absolute Gasteiger partial charge is 0.281 e. The molecule has 4 aromatic rings. The number of hydrogen-bond acceptors (Lipinski definition) is 10. The Kier molecular flexibility index (Phi) is 7.32. The lowest BCUT2D eigenvalue weighted by atomic mass is 9.75. The number of nitrogens with zero attached hydrogens (tertiary/aromatic N) is 2. The lowest BCUT2D eigenvalue weighted by molar-refractivity contribution is 0.423. The molecule has 12 nitrogen and oxygen atoms in total. The molecule has 0 heterocycles. The van der Waals surface area contributed by atoms with Crippen molar-refractivity contribution in [2.24, 2.45) is 21.7 Å². The monoisotopic (exact) mass is 684 g/mol. The number of nitrogens with one attached hydrogen (secondary N) is 2. The maximum atomic E-state index is 13.5. The van der Waals surface area contributed by atoms with E-state index in [4.69, 9.17) is 14.3 Å². The highest BCUT2D eigenvalue weighted by molar-refractivity contribution is 7.87. The molecular weight excluding hydrogens is 653 g/mol. The van der Waals surface area contributed by atoms with Gasteiger partial charge in [-0.15, -0.1) is 0 Å². The third-order valence-corrected chi connectivity index (χ3v) is 12.5. The molecule has 0 saturated heterocycles. The molecule has 0 radical (unpaired) electrons. The van der Waals surface area contributed by atoms with Gasteiger partial charge in [-0.25, -0.2) is 11.0 Å². The van der Waals surface area contributed by atoms with Crippen LogP contribution in [-0.4, -0.2) is 38.0 Å². The lowest BCUT2D eigenvalue weighted by Gasteiger charge is -2.40. The van der Waals surface area contributed by atoms with Gasteiger partial charge in [0.25, 0.3) is 20.2 Å². The van der Waals surface area contributed by atoms with Gasteiger partial charge >= 0.3 is 0 Å². The summed E-state index contributed by atoms with van der Waals surface area (Å²) in [5.41, 5.74) is 23.3. The second-order valence-corrected chi connectivity index (χ2v) is 15.1. The summed E-state index contributed by atoms with van der Waals surface area (Å²) >= 11 is 0. The first-order valence-electron chi connectivity index (χ1n) is 15.5. The minimum absolute atomic E-state index is 0.0121. The molecule has 6 rings (SSSR count). The fourth-order valence-electron chi connectivity index (χ4n) is 7.31. The Balaban J connectivity index is 1.53. The van der Waals surface area contributed by atoms with Gasteiger partial charge in [-0.3, -0.25) is 9.11 Å². The van der Waals surface area contributed by atoms with Gasteiger partial charge in [0.2, 0.25) is 2.82 Å². The molecule has 14 heteroatoms. The second-order valence-electron chi connectivity index (χ2n) is 11.9. The fourth-order valence-corrected chi connectivity index (χ4v) is 9.98. The van der Waals surface area contributed by atoms with E-state index < -0.39 is 41.8 Å². The van der Waals surface area contributed by atoms with Crippen molar-refractivity contribution in [1.29, 1.82) is 11.0 Å². The van der Waals surface area contributed by atoms with Crippen LogP contribution in [0.25, 0.3) is 23.3 Å². The van der Waals surface area contributed by atoms with Crippen molar-refractivity contribution < 1.29 is 28.8 Å². The van der Waals surface area contributed by atoms with Crippen molar-refractivity contribution in [3.8, 4) is 11.1 Å². The van der Waals surface area contributed by atoms with E-state index >= 15 is 0 Å². The van der Waals surface area contributed by atoms with E-state index in [9.17, 15) is 25.9 Å². The number of fused-ring (bicyclic) bond motifs is 2. The van der Waals surface area contributed by atoms with Gasteiger partial charge < -0.3 is 11.5 Å². The van der Waals surface area contributed by atoms with Gasteiger partial charge in [-0.1, -0.05) is 84.9 Å². The first kappa shape index (κ1) is 30.6. The molecule has 246 valence electrons. The minimum Gasteiger partial charge on any atom is -0.321 e. The van der Waals surface area contributed by atoms with Crippen LogP contribution in [0.5, 0.6) is 0 Å². The van der Waals surface area contributed by atoms with Crippen LogP contribution in [0.15, 0.2) is 107 Å². The molecule has 0 aliphatic heterocycles. The maximum Gasteiger partial charge on any atom is 0.281 e. The zero-order valence-corrected chi connectivity index (χ0v) is 27.3. The Morgan fingerprint density at radius 3 is 1.38 bits per heavy atom. The minimum atomic E-state index is -4.99. The molecule has 2 aliphatic carbocycles. The highest BCUT2D eigenvalue weighted by Crippen LogP contribution is 2.50. The zero-order valence-electron chi connectivity index (χ0n) is 27.7. The van der Waals surface area contributed by atoms with E-state index in [2.05, 4.69) is 21.3 Å². The van der Waals surface area contributed by atoms with E-state index in [0.717, 1.165) is 0 Å². The summed E-state index contributed by atoms with van der Waals surface area (Å²) in [4.78, 5) is 0. The molecule has 0 fully saturated rings. The quantitative estimate of drug-likeness (QED) is 0.105. The van der Waals surface area contributed by atoms with Crippen molar-refractivity contribution in [3.05, 3.63) is 141 Å². The average molecular weight is 685 g/mol.